The number of carboxylic acids is 1. The van der Waals surface area contributed by atoms with Crippen molar-refractivity contribution in [1.82, 2.24) is 0 Å². The van der Waals surface area contributed by atoms with E-state index in [4.69, 9.17) is 5.11 Å². The van der Waals surface area contributed by atoms with Crippen LogP contribution in [0.1, 0.15) is 31.2 Å². The van der Waals surface area contributed by atoms with Gasteiger partial charge in [0.2, 0.25) is 0 Å². The molecule has 2 nitrogen and oxygen atoms in total. The van der Waals surface area contributed by atoms with E-state index in [0.717, 1.165) is 12.0 Å². The summed E-state index contributed by atoms with van der Waals surface area (Å²) < 4.78 is 0. The molecule has 0 saturated carbocycles. The molecule has 1 unspecified atom stereocenters. The maximum absolute atomic E-state index is 11.1. The average molecular weight is 204 g/mol. The average Bonchev–Trinajstić information content (AvgIpc) is 2.25. The first kappa shape index (κ1) is 11.5. The van der Waals surface area contributed by atoms with Gasteiger partial charge in [0.05, 0.1) is 5.92 Å². The minimum Gasteiger partial charge on any atom is -0.481 e. The van der Waals surface area contributed by atoms with Crippen LogP contribution in [0.4, 0.5) is 0 Å². The summed E-state index contributed by atoms with van der Waals surface area (Å²) in [5, 5.41) is 9.09. The fourth-order valence-corrected chi connectivity index (χ4v) is 1.46. The minimum absolute atomic E-state index is 0.422. The summed E-state index contributed by atoms with van der Waals surface area (Å²) in [5.41, 5.74) is 0.866. The Kier molecular flexibility index (Phi) is 4.61. The number of hydrogen-bond donors (Lipinski definition) is 1. The summed E-state index contributed by atoms with van der Waals surface area (Å²) in [7, 11) is 0. The second kappa shape index (κ2) is 6.02. The van der Waals surface area contributed by atoms with Gasteiger partial charge in [-0.3, -0.25) is 4.79 Å². The Hall–Kier alpha value is -1.57. The van der Waals surface area contributed by atoms with E-state index in [0.29, 0.717) is 6.42 Å². The molecular formula is C13H16O2. The highest BCUT2D eigenvalue weighted by Crippen LogP contribution is 2.20. The van der Waals surface area contributed by atoms with Gasteiger partial charge in [-0.15, -0.1) is 0 Å². The van der Waals surface area contributed by atoms with Crippen LogP contribution in [0.3, 0.4) is 0 Å². The van der Waals surface area contributed by atoms with Crippen molar-refractivity contribution in [3.05, 3.63) is 48.0 Å². The van der Waals surface area contributed by atoms with Crippen LogP contribution in [0, 0.1) is 0 Å². The molecule has 80 valence electrons. The van der Waals surface area contributed by atoms with Gasteiger partial charge in [-0.2, -0.15) is 0 Å². The SMILES string of the molecule is CCC=CCC(C(=O)O)c1ccccc1. The summed E-state index contributed by atoms with van der Waals surface area (Å²) in [4.78, 5) is 11.1. The lowest BCUT2D eigenvalue weighted by atomic mass is 9.96. The predicted octanol–water partition coefficient (Wildman–Crippen LogP) is 3.21. The van der Waals surface area contributed by atoms with E-state index in [2.05, 4.69) is 0 Å². The number of benzene rings is 1. The molecule has 1 N–H and O–H groups in total. The number of hydrogen-bond acceptors (Lipinski definition) is 1. The number of rotatable bonds is 5. The van der Waals surface area contributed by atoms with Crippen molar-refractivity contribution in [3.63, 3.8) is 0 Å². The molecule has 0 radical (unpaired) electrons. The number of allylic oxidation sites excluding steroid dienone is 2. The van der Waals surface area contributed by atoms with Crippen LogP contribution in [-0.4, -0.2) is 11.1 Å². The van der Waals surface area contributed by atoms with Crippen LogP contribution in [0.15, 0.2) is 42.5 Å². The van der Waals surface area contributed by atoms with Crippen LogP contribution >= 0.6 is 0 Å². The Balaban J connectivity index is 2.75. The molecule has 0 bridgehead atoms. The highest BCUT2D eigenvalue weighted by Gasteiger charge is 2.17. The third kappa shape index (κ3) is 3.58. The molecular weight excluding hydrogens is 188 g/mol. The summed E-state index contributed by atoms with van der Waals surface area (Å²) in [6.07, 6.45) is 5.44. The van der Waals surface area contributed by atoms with Crippen molar-refractivity contribution in [2.45, 2.75) is 25.7 Å². The van der Waals surface area contributed by atoms with Crippen molar-refractivity contribution in [2.24, 2.45) is 0 Å². The maximum atomic E-state index is 11.1. The van der Waals surface area contributed by atoms with Crippen molar-refractivity contribution < 1.29 is 9.90 Å². The summed E-state index contributed by atoms with van der Waals surface area (Å²) in [6.45, 7) is 2.04. The Morgan fingerprint density at radius 1 is 1.33 bits per heavy atom. The molecule has 1 aromatic rings. The van der Waals surface area contributed by atoms with E-state index in [1.165, 1.54) is 0 Å². The minimum atomic E-state index is -0.762. The first-order valence-electron chi connectivity index (χ1n) is 5.18. The summed E-state index contributed by atoms with van der Waals surface area (Å²) >= 11 is 0. The molecule has 2 heteroatoms. The van der Waals surface area contributed by atoms with E-state index < -0.39 is 11.9 Å². The van der Waals surface area contributed by atoms with E-state index in [-0.39, 0.29) is 0 Å². The summed E-state index contributed by atoms with van der Waals surface area (Å²) in [6, 6.07) is 9.35. The number of carbonyl (C=O) groups is 1. The zero-order valence-corrected chi connectivity index (χ0v) is 8.89. The third-order valence-corrected chi connectivity index (χ3v) is 2.27. The van der Waals surface area contributed by atoms with Gasteiger partial charge in [-0.25, -0.2) is 0 Å². The van der Waals surface area contributed by atoms with Gasteiger partial charge in [-0.1, -0.05) is 49.4 Å². The standard InChI is InChI=1S/C13H16O2/c1-2-3-5-10-12(13(14)15)11-8-6-4-7-9-11/h3-9,12H,2,10H2,1H3,(H,14,15). The Morgan fingerprint density at radius 3 is 2.53 bits per heavy atom. The smallest absolute Gasteiger partial charge is 0.311 e. The van der Waals surface area contributed by atoms with Crippen molar-refractivity contribution in [2.75, 3.05) is 0 Å². The highest BCUT2D eigenvalue weighted by atomic mass is 16.4. The van der Waals surface area contributed by atoms with Crippen LogP contribution < -0.4 is 0 Å². The molecule has 0 saturated heterocycles. The topological polar surface area (TPSA) is 37.3 Å². The lowest BCUT2D eigenvalue weighted by Gasteiger charge is -2.09. The number of aliphatic carboxylic acids is 1. The van der Waals surface area contributed by atoms with Crippen LogP contribution in [-0.2, 0) is 4.79 Å². The Morgan fingerprint density at radius 2 is 2.00 bits per heavy atom. The molecule has 0 fully saturated rings. The van der Waals surface area contributed by atoms with Crippen LogP contribution in [0.25, 0.3) is 0 Å². The van der Waals surface area contributed by atoms with E-state index >= 15 is 0 Å². The molecule has 0 aliphatic carbocycles. The van der Waals surface area contributed by atoms with Crippen LogP contribution in [0.5, 0.6) is 0 Å². The first-order valence-corrected chi connectivity index (χ1v) is 5.18. The molecule has 0 aliphatic heterocycles. The van der Waals surface area contributed by atoms with Gasteiger partial charge in [0.1, 0.15) is 0 Å². The van der Waals surface area contributed by atoms with Gasteiger partial charge in [0, 0.05) is 0 Å². The van der Waals surface area contributed by atoms with E-state index in [9.17, 15) is 4.79 Å². The van der Waals surface area contributed by atoms with Gasteiger partial charge in [0.15, 0.2) is 0 Å². The molecule has 1 rings (SSSR count). The molecule has 0 spiro atoms. The maximum Gasteiger partial charge on any atom is 0.311 e. The zero-order valence-electron chi connectivity index (χ0n) is 8.89. The van der Waals surface area contributed by atoms with E-state index in [1.807, 2.05) is 49.4 Å². The Labute approximate surface area is 90.3 Å². The first-order chi connectivity index (χ1) is 7.25. The largest absolute Gasteiger partial charge is 0.481 e. The quantitative estimate of drug-likeness (QED) is 0.748. The lowest BCUT2D eigenvalue weighted by molar-refractivity contribution is -0.138. The fourth-order valence-electron chi connectivity index (χ4n) is 1.46. The molecule has 0 aliphatic rings. The molecule has 0 amide bonds. The number of carboxylic acid groups (broad SMARTS) is 1. The lowest BCUT2D eigenvalue weighted by Crippen LogP contribution is -2.10. The monoisotopic (exact) mass is 204 g/mol. The zero-order chi connectivity index (χ0) is 11.1. The summed E-state index contributed by atoms with van der Waals surface area (Å²) in [5.74, 6) is -1.18. The van der Waals surface area contributed by atoms with Gasteiger partial charge >= 0.3 is 5.97 Å². The molecule has 15 heavy (non-hydrogen) atoms. The van der Waals surface area contributed by atoms with Crippen molar-refractivity contribution >= 4 is 5.97 Å². The molecule has 1 atom stereocenters. The van der Waals surface area contributed by atoms with Crippen molar-refractivity contribution in [1.29, 1.82) is 0 Å². The third-order valence-electron chi connectivity index (χ3n) is 2.27. The fraction of sp³-hybridized carbons (Fsp3) is 0.308. The van der Waals surface area contributed by atoms with Crippen LogP contribution in [0.2, 0.25) is 0 Å². The predicted molar refractivity (Wildman–Crippen MR) is 60.9 cm³/mol. The van der Waals surface area contributed by atoms with Crippen molar-refractivity contribution in [3.8, 4) is 0 Å². The molecule has 0 heterocycles. The van der Waals surface area contributed by atoms with Gasteiger partial charge < -0.3 is 5.11 Å². The normalized spacial score (nSPS) is 12.9. The second-order valence-corrected chi connectivity index (χ2v) is 3.42. The highest BCUT2D eigenvalue weighted by molar-refractivity contribution is 5.76. The second-order valence-electron chi connectivity index (χ2n) is 3.42. The molecule has 1 aromatic carbocycles. The van der Waals surface area contributed by atoms with Gasteiger partial charge in [0.25, 0.3) is 0 Å². The Bertz CT molecular complexity index is 328. The van der Waals surface area contributed by atoms with E-state index in [1.54, 1.807) is 0 Å². The van der Waals surface area contributed by atoms with Gasteiger partial charge in [-0.05, 0) is 18.4 Å². The molecule has 0 aromatic heterocycles.